The Labute approximate surface area is 404 Å². The zero-order valence-electron chi connectivity index (χ0n) is 37.1. The maximum atomic E-state index is 14.4. The van der Waals surface area contributed by atoms with Gasteiger partial charge in [-0.15, -0.1) is 0 Å². The molecule has 0 unspecified atom stereocenters. The Morgan fingerprint density at radius 3 is 1.80 bits per heavy atom. The topological polar surface area (TPSA) is 228 Å². The molecule has 18 nitrogen and oxygen atoms in total. The van der Waals surface area contributed by atoms with Gasteiger partial charge in [-0.05, 0) is 91.0 Å². The second-order valence-corrected chi connectivity index (χ2v) is 15.1. The van der Waals surface area contributed by atoms with Crippen LogP contribution >= 0.6 is 11.6 Å². The van der Waals surface area contributed by atoms with Crippen molar-refractivity contribution in [3.63, 3.8) is 0 Å². The highest BCUT2D eigenvalue weighted by Gasteiger charge is 2.19. The number of hydrogen-bond donors (Lipinski definition) is 7. The number of hydrogen-bond acceptors (Lipinski definition) is 15. The third kappa shape index (κ3) is 14.0. The number of amides is 3. The fourth-order valence-corrected chi connectivity index (χ4v) is 6.39. The van der Waals surface area contributed by atoms with Crippen LogP contribution < -0.4 is 46.7 Å². The van der Waals surface area contributed by atoms with Crippen molar-refractivity contribution in [3.05, 3.63) is 169 Å². The van der Waals surface area contributed by atoms with Crippen molar-refractivity contribution in [1.29, 1.82) is 0 Å². The maximum Gasteiger partial charge on any atom is 0.269 e. The number of anilines is 10. The minimum absolute atomic E-state index is 0.0340. The van der Waals surface area contributed by atoms with Crippen molar-refractivity contribution < 1.29 is 37.4 Å². The molecule has 4 heterocycles. The van der Waals surface area contributed by atoms with Crippen molar-refractivity contribution >= 4 is 87.0 Å². The highest BCUT2D eigenvalue weighted by molar-refractivity contribution is 6.32. The monoisotopic (exact) mass is 968 g/mol. The molecule has 70 heavy (non-hydrogen) atoms. The minimum atomic E-state index is -0.650. The summed E-state index contributed by atoms with van der Waals surface area (Å²) in [5, 5.41) is 20.1. The second-order valence-electron chi connectivity index (χ2n) is 14.7. The Morgan fingerprint density at radius 1 is 0.686 bits per heavy atom. The van der Waals surface area contributed by atoms with Crippen molar-refractivity contribution in [2.24, 2.45) is 0 Å². The van der Waals surface area contributed by atoms with E-state index in [1.807, 2.05) is 0 Å². The van der Waals surface area contributed by atoms with E-state index >= 15 is 0 Å². The SMILES string of the molecule is C=CC(=O)Nc1cccc(Nc2nc(Nc3ccc(Cl)c(O[C@@H]4CCOC4)c3)ncc2F)c1.C=CC(=O)Nc1cccc(Nc2nc(Nc3ccc(Oc4ccnc(C(=O)NC)c4)cc3)ncc2F)c1. The third-order valence-corrected chi connectivity index (χ3v) is 9.86. The molecule has 0 spiro atoms. The lowest BCUT2D eigenvalue weighted by Gasteiger charge is -2.15. The summed E-state index contributed by atoms with van der Waals surface area (Å²) in [7, 11) is 1.52. The Morgan fingerprint density at radius 2 is 1.24 bits per heavy atom. The molecule has 3 amide bonds. The molecule has 1 saturated heterocycles. The number of pyridine rings is 1. The van der Waals surface area contributed by atoms with Crippen LogP contribution in [0.15, 0.2) is 147 Å². The molecule has 3 aromatic heterocycles. The summed E-state index contributed by atoms with van der Waals surface area (Å²) in [5.41, 5.74) is 3.59. The summed E-state index contributed by atoms with van der Waals surface area (Å²) in [6, 6.07) is 28.8. The van der Waals surface area contributed by atoms with E-state index in [9.17, 15) is 23.2 Å². The third-order valence-electron chi connectivity index (χ3n) is 9.55. The fourth-order valence-electron chi connectivity index (χ4n) is 6.22. The molecule has 1 aliphatic rings. The van der Waals surface area contributed by atoms with Gasteiger partial charge >= 0.3 is 0 Å². The number of aromatic nitrogens is 5. The highest BCUT2D eigenvalue weighted by atomic mass is 35.5. The number of benzene rings is 4. The molecule has 1 aliphatic heterocycles. The molecule has 356 valence electrons. The van der Waals surface area contributed by atoms with Crippen molar-refractivity contribution in [2.45, 2.75) is 12.5 Å². The molecule has 1 fully saturated rings. The van der Waals surface area contributed by atoms with Gasteiger partial charge in [0.1, 0.15) is 29.0 Å². The number of nitrogens with zero attached hydrogens (tertiary/aromatic N) is 5. The standard InChI is InChI=1S/C26H22FN7O3.C23H21ClFN5O3/c1-3-23(35)31-17-5-4-6-18(13-17)32-24-21(27)15-30-26(34-24)33-16-7-9-19(10-8-16)37-20-11-12-29-22(14-20)25(36)28-2;1-2-21(31)27-14-4-3-5-15(10-14)28-22-19(25)12-26-23(30-22)29-16-6-7-18(24)20(11-16)33-17-8-9-32-13-17/h3-15H,1H2,2H3,(H,28,36)(H,31,35)(H2,30,32,33,34);2-7,10-12,17H,1,8-9,13H2,(H,27,31)(H2,26,28,29,30)/t;17-/m.1/s1. The van der Waals surface area contributed by atoms with E-state index in [4.69, 9.17) is 25.8 Å². The van der Waals surface area contributed by atoms with Crippen LogP contribution in [0.3, 0.4) is 0 Å². The van der Waals surface area contributed by atoms with Crippen LogP contribution in [0.1, 0.15) is 16.9 Å². The van der Waals surface area contributed by atoms with E-state index in [0.29, 0.717) is 69.6 Å². The number of halogens is 3. The summed E-state index contributed by atoms with van der Waals surface area (Å²) < 4.78 is 45.8. The predicted molar refractivity (Wildman–Crippen MR) is 263 cm³/mol. The van der Waals surface area contributed by atoms with E-state index in [0.717, 1.165) is 31.0 Å². The molecule has 7 N–H and O–H groups in total. The van der Waals surface area contributed by atoms with Crippen LogP contribution in [-0.2, 0) is 14.3 Å². The van der Waals surface area contributed by atoms with E-state index in [-0.39, 0.29) is 53.1 Å². The lowest BCUT2D eigenvalue weighted by atomic mass is 10.2. The van der Waals surface area contributed by atoms with Crippen LogP contribution in [0, 0.1) is 11.6 Å². The van der Waals surface area contributed by atoms with Crippen molar-refractivity contribution in [3.8, 4) is 17.2 Å². The van der Waals surface area contributed by atoms with Gasteiger partial charge in [-0.2, -0.15) is 9.97 Å². The molecule has 4 aromatic carbocycles. The van der Waals surface area contributed by atoms with Crippen LogP contribution in [0.4, 0.5) is 66.4 Å². The molecule has 0 bridgehead atoms. The molecule has 1 atom stereocenters. The molecule has 21 heteroatoms. The zero-order chi connectivity index (χ0) is 49.4. The van der Waals surface area contributed by atoms with E-state index < -0.39 is 11.6 Å². The number of rotatable bonds is 17. The summed E-state index contributed by atoms with van der Waals surface area (Å²) in [6.45, 7) is 8.00. The van der Waals surface area contributed by atoms with Gasteiger partial charge in [0.2, 0.25) is 23.7 Å². The zero-order valence-corrected chi connectivity index (χ0v) is 37.9. The average Bonchev–Trinajstić information content (AvgIpc) is 3.89. The lowest BCUT2D eigenvalue weighted by Crippen LogP contribution is -2.18. The Kier molecular flexibility index (Phi) is 16.5. The summed E-state index contributed by atoms with van der Waals surface area (Å²) in [4.78, 5) is 55.2. The highest BCUT2D eigenvalue weighted by Crippen LogP contribution is 2.32. The van der Waals surface area contributed by atoms with E-state index in [1.165, 1.54) is 19.3 Å². The van der Waals surface area contributed by atoms with Crippen LogP contribution in [0.25, 0.3) is 0 Å². The number of carbonyl (C=O) groups is 3. The summed E-state index contributed by atoms with van der Waals surface area (Å²) in [5.74, 6) is -0.549. The number of nitrogens with one attached hydrogen (secondary N) is 7. The first kappa shape index (κ1) is 48.9. The van der Waals surface area contributed by atoms with E-state index in [2.05, 4.69) is 75.3 Å². The van der Waals surface area contributed by atoms with Gasteiger partial charge in [0.25, 0.3) is 5.91 Å². The molecular weight excluding hydrogens is 926 g/mol. The van der Waals surface area contributed by atoms with Gasteiger partial charge in [-0.3, -0.25) is 19.4 Å². The van der Waals surface area contributed by atoms with Gasteiger partial charge < -0.3 is 51.4 Å². The average molecular weight is 969 g/mol. The molecule has 8 rings (SSSR count). The van der Waals surface area contributed by atoms with Crippen LogP contribution in [-0.4, -0.2) is 69.0 Å². The first-order valence-electron chi connectivity index (χ1n) is 21.1. The van der Waals surface area contributed by atoms with Gasteiger partial charge in [0, 0.05) is 65.9 Å². The summed E-state index contributed by atoms with van der Waals surface area (Å²) in [6.07, 6.45) is 6.65. The minimum Gasteiger partial charge on any atom is -0.486 e. The summed E-state index contributed by atoms with van der Waals surface area (Å²) >= 11 is 6.25. The first-order valence-corrected chi connectivity index (χ1v) is 21.5. The Hall–Kier alpha value is -9.01. The van der Waals surface area contributed by atoms with Crippen molar-refractivity contribution in [1.82, 2.24) is 30.2 Å². The van der Waals surface area contributed by atoms with Crippen LogP contribution in [0.5, 0.6) is 17.2 Å². The van der Waals surface area contributed by atoms with Gasteiger partial charge in [-0.25, -0.2) is 18.7 Å². The smallest absolute Gasteiger partial charge is 0.269 e. The van der Waals surface area contributed by atoms with Gasteiger partial charge in [0.05, 0.1) is 30.6 Å². The molecule has 0 aliphatic carbocycles. The van der Waals surface area contributed by atoms with Crippen molar-refractivity contribution in [2.75, 3.05) is 52.2 Å². The Balaban J connectivity index is 0.000000208. The Bertz CT molecular complexity index is 3020. The number of carbonyl (C=O) groups excluding carboxylic acids is 3. The fraction of sp³-hybridized carbons (Fsp3) is 0.102. The maximum absolute atomic E-state index is 14.4. The molecule has 0 radical (unpaired) electrons. The van der Waals surface area contributed by atoms with E-state index in [1.54, 1.807) is 97.1 Å². The molecular formula is C49H43ClF2N12O6. The largest absolute Gasteiger partial charge is 0.486 e. The first-order chi connectivity index (χ1) is 33.9. The second kappa shape index (κ2) is 23.6. The van der Waals surface area contributed by atoms with Gasteiger partial charge in [-0.1, -0.05) is 36.9 Å². The normalized spacial score (nSPS) is 12.5. The van der Waals surface area contributed by atoms with Gasteiger partial charge in [0.15, 0.2) is 23.3 Å². The molecule has 0 saturated carbocycles. The number of ether oxygens (including phenoxy) is 3. The lowest BCUT2D eigenvalue weighted by molar-refractivity contribution is -0.112. The quantitative estimate of drug-likeness (QED) is 0.0422. The van der Waals surface area contributed by atoms with Crippen LogP contribution in [0.2, 0.25) is 5.02 Å². The predicted octanol–water partition coefficient (Wildman–Crippen LogP) is 9.82. The molecule has 7 aromatic rings.